The molecule has 1 saturated heterocycles. The quantitative estimate of drug-likeness (QED) is 0.805. The van der Waals surface area contributed by atoms with Crippen LogP contribution in [0.15, 0.2) is 53.0 Å². The number of benzene rings is 2. The summed E-state index contributed by atoms with van der Waals surface area (Å²) in [7, 11) is 0. The number of carbonyl (C=O) groups is 1. The van der Waals surface area contributed by atoms with Crippen LogP contribution in [0.25, 0.3) is 0 Å². The molecule has 2 aromatic carbocycles. The van der Waals surface area contributed by atoms with Gasteiger partial charge in [-0.1, -0.05) is 28.1 Å². The molecule has 0 aromatic heterocycles. The molecule has 1 heterocycles. The fourth-order valence-corrected chi connectivity index (χ4v) is 3.85. The Morgan fingerprint density at radius 1 is 1.27 bits per heavy atom. The average Bonchev–Trinajstić information content (AvgIpc) is 2.99. The van der Waals surface area contributed by atoms with Crippen LogP contribution in [0.1, 0.15) is 10.9 Å². The summed E-state index contributed by atoms with van der Waals surface area (Å²) in [6.07, 6.45) is 0. The molecule has 3 nitrogen and oxygen atoms in total. The maximum Gasteiger partial charge on any atom is 0.323 e. The van der Waals surface area contributed by atoms with Crippen LogP contribution >= 0.6 is 27.7 Å². The van der Waals surface area contributed by atoms with Crippen molar-refractivity contribution in [1.29, 1.82) is 0 Å². The van der Waals surface area contributed by atoms with Gasteiger partial charge in [-0.05, 0) is 42.0 Å². The smallest absolute Gasteiger partial charge is 0.308 e. The highest BCUT2D eigenvalue weighted by Crippen LogP contribution is 2.38. The molecule has 114 valence electrons. The third-order valence-electron chi connectivity index (χ3n) is 3.38. The van der Waals surface area contributed by atoms with Gasteiger partial charge in [0, 0.05) is 22.5 Å². The molecule has 0 aliphatic carbocycles. The molecule has 3 rings (SSSR count). The maximum absolute atomic E-state index is 13.4. The molecular weight excluding hydrogens is 367 g/mol. The molecule has 1 fully saturated rings. The van der Waals surface area contributed by atoms with E-state index in [-0.39, 0.29) is 17.2 Å². The highest BCUT2D eigenvalue weighted by molar-refractivity contribution is 9.10. The van der Waals surface area contributed by atoms with Gasteiger partial charge >= 0.3 is 6.03 Å². The topological polar surface area (TPSA) is 32.3 Å². The number of carbonyl (C=O) groups excluding carboxylic acids is 1. The van der Waals surface area contributed by atoms with Gasteiger partial charge in [0.1, 0.15) is 11.2 Å². The number of amides is 2. The van der Waals surface area contributed by atoms with Crippen molar-refractivity contribution in [2.75, 3.05) is 17.6 Å². The third-order valence-corrected chi connectivity index (χ3v) is 5.17. The lowest BCUT2D eigenvalue weighted by Gasteiger charge is -2.24. The summed E-state index contributed by atoms with van der Waals surface area (Å²) in [4.78, 5) is 14.2. The molecule has 6 heteroatoms. The van der Waals surface area contributed by atoms with Crippen LogP contribution < -0.4 is 5.32 Å². The molecule has 22 heavy (non-hydrogen) atoms. The van der Waals surface area contributed by atoms with Gasteiger partial charge in [-0.2, -0.15) is 0 Å². The molecule has 1 N–H and O–H groups in total. The Kier molecular flexibility index (Phi) is 4.69. The molecule has 1 aliphatic rings. The molecule has 1 aliphatic heterocycles. The van der Waals surface area contributed by atoms with Crippen molar-refractivity contribution in [3.8, 4) is 0 Å². The van der Waals surface area contributed by atoms with E-state index in [9.17, 15) is 9.18 Å². The first-order valence-corrected chi connectivity index (χ1v) is 8.68. The first-order valence-electron chi connectivity index (χ1n) is 6.84. The predicted molar refractivity (Wildman–Crippen MR) is 91.5 cm³/mol. The zero-order valence-electron chi connectivity index (χ0n) is 11.6. The van der Waals surface area contributed by atoms with E-state index in [4.69, 9.17) is 0 Å². The van der Waals surface area contributed by atoms with Crippen molar-refractivity contribution in [3.05, 3.63) is 64.4 Å². The maximum atomic E-state index is 13.4. The van der Waals surface area contributed by atoms with Gasteiger partial charge in [0.2, 0.25) is 0 Å². The van der Waals surface area contributed by atoms with E-state index in [2.05, 4.69) is 21.2 Å². The Labute approximate surface area is 141 Å². The van der Waals surface area contributed by atoms with Gasteiger partial charge < -0.3 is 10.2 Å². The summed E-state index contributed by atoms with van der Waals surface area (Å²) >= 11 is 5.01. The number of anilines is 1. The summed E-state index contributed by atoms with van der Waals surface area (Å²) in [5, 5.41) is 2.74. The number of urea groups is 1. The number of thioether (sulfide) groups is 1. The Bertz CT molecular complexity index is 680. The Morgan fingerprint density at radius 3 is 2.77 bits per heavy atom. The van der Waals surface area contributed by atoms with Crippen LogP contribution in [-0.4, -0.2) is 23.2 Å². The SMILES string of the molecule is O=C(Nc1ccc(Br)cc1)N1CCSC1c1cccc(F)c1. The van der Waals surface area contributed by atoms with Crippen LogP contribution in [-0.2, 0) is 0 Å². The van der Waals surface area contributed by atoms with E-state index in [1.807, 2.05) is 30.3 Å². The normalized spacial score (nSPS) is 17.5. The fourth-order valence-electron chi connectivity index (χ4n) is 2.34. The molecule has 1 unspecified atom stereocenters. The molecule has 2 aromatic rings. The number of rotatable bonds is 2. The van der Waals surface area contributed by atoms with E-state index >= 15 is 0 Å². The molecule has 2 amide bonds. The molecule has 0 saturated carbocycles. The molecule has 0 bridgehead atoms. The van der Waals surface area contributed by atoms with E-state index in [0.29, 0.717) is 6.54 Å². The van der Waals surface area contributed by atoms with Crippen molar-refractivity contribution >= 4 is 39.4 Å². The summed E-state index contributed by atoms with van der Waals surface area (Å²) < 4.78 is 14.4. The van der Waals surface area contributed by atoms with Crippen molar-refractivity contribution in [2.24, 2.45) is 0 Å². The van der Waals surface area contributed by atoms with Crippen molar-refractivity contribution < 1.29 is 9.18 Å². The van der Waals surface area contributed by atoms with Crippen molar-refractivity contribution in [1.82, 2.24) is 4.90 Å². The zero-order chi connectivity index (χ0) is 15.5. The minimum Gasteiger partial charge on any atom is -0.308 e. The van der Waals surface area contributed by atoms with E-state index in [0.717, 1.165) is 21.5 Å². The van der Waals surface area contributed by atoms with Gasteiger partial charge in [0.25, 0.3) is 0 Å². The van der Waals surface area contributed by atoms with E-state index < -0.39 is 0 Å². The largest absolute Gasteiger partial charge is 0.323 e. The second-order valence-electron chi connectivity index (χ2n) is 4.91. The summed E-state index contributed by atoms with van der Waals surface area (Å²) in [5.74, 6) is 0.563. The lowest BCUT2D eigenvalue weighted by Crippen LogP contribution is -2.34. The van der Waals surface area contributed by atoms with Gasteiger partial charge in [-0.25, -0.2) is 9.18 Å². The third kappa shape index (κ3) is 3.44. The lowest BCUT2D eigenvalue weighted by atomic mass is 10.2. The average molecular weight is 381 g/mol. The van der Waals surface area contributed by atoms with Crippen LogP contribution in [0, 0.1) is 5.82 Å². The minimum atomic E-state index is -0.279. The monoisotopic (exact) mass is 380 g/mol. The van der Waals surface area contributed by atoms with Gasteiger partial charge in [-0.15, -0.1) is 11.8 Å². The van der Waals surface area contributed by atoms with E-state index in [1.165, 1.54) is 12.1 Å². The van der Waals surface area contributed by atoms with Gasteiger partial charge in [-0.3, -0.25) is 0 Å². The first kappa shape index (κ1) is 15.4. The fraction of sp³-hybridized carbons (Fsp3) is 0.188. The number of hydrogen-bond donors (Lipinski definition) is 1. The number of nitrogens with one attached hydrogen (secondary N) is 1. The number of nitrogens with zero attached hydrogens (tertiary/aromatic N) is 1. The minimum absolute atomic E-state index is 0.147. The summed E-state index contributed by atoms with van der Waals surface area (Å²) in [6.45, 7) is 0.647. The highest BCUT2D eigenvalue weighted by atomic mass is 79.9. The van der Waals surface area contributed by atoms with Gasteiger partial charge in [0.05, 0.1) is 0 Å². The van der Waals surface area contributed by atoms with Crippen LogP contribution in [0.3, 0.4) is 0 Å². The first-order chi connectivity index (χ1) is 10.6. The zero-order valence-corrected chi connectivity index (χ0v) is 14.0. The van der Waals surface area contributed by atoms with E-state index in [1.54, 1.807) is 22.7 Å². The molecule has 1 atom stereocenters. The van der Waals surface area contributed by atoms with Crippen LogP contribution in [0.2, 0.25) is 0 Å². The summed E-state index contributed by atoms with van der Waals surface area (Å²) in [5.41, 5.74) is 1.55. The second kappa shape index (κ2) is 6.71. The molecular formula is C16H14BrFN2OS. The van der Waals surface area contributed by atoms with Crippen molar-refractivity contribution in [2.45, 2.75) is 5.37 Å². The standard InChI is InChI=1S/C16H14BrFN2OS/c17-12-4-6-14(7-5-12)19-16(21)20-8-9-22-15(20)11-2-1-3-13(18)10-11/h1-7,10,15H,8-9H2,(H,19,21). The second-order valence-corrected chi connectivity index (χ2v) is 7.01. The Hall–Kier alpha value is -1.53. The Morgan fingerprint density at radius 2 is 2.05 bits per heavy atom. The van der Waals surface area contributed by atoms with Gasteiger partial charge in [0.15, 0.2) is 0 Å². The molecule has 0 spiro atoms. The number of halogens is 2. The lowest BCUT2D eigenvalue weighted by molar-refractivity contribution is 0.214. The van der Waals surface area contributed by atoms with Crippen molar-refractivity contribution in [3.63, 3.8) is 0 Å². The van der Waals surface area contributed by atoms with Crippen LogP contribution in [0.4, 0.5) is 14.9 Å². The summed E-state index contributed by atoms with van der Waals surface area (Å²) in [6, 6.07) is 13.7. The predicted octanol–water partition coefficient (Wildman–Crippen LogP) is 4.87. The molecule has 0 radical (unpaired) electrons. The Balaban J connectivity index is 1.75. The van der Waals surface area contributed by atoms with Crippen LogP contribution in [0.5, 0.6) is 0 Å². The highest BCUT2D eigenvalue weighted by Gasteiger charge is 2.30. The number of hydrogen-bond acceptors (Lipinski definition) is 2.